The molecule has 10 rings (SSSR count). The second-order valence-electron chi connectivity index (χ2n) is 17.5. The summed E-state index contributed by atoms with van der Waals surface area (Å²) in [5, 5.41) is 14.0. The van der Waals surface area contributed by atoms with Crippen molar-refractivity contribution in [1.29, 1.82) is 0 Å². The molecule has 10 aliphatic rings. The zero-order valence-corrected chi connectivity index (χ0v) is 31.6. The van der Waals surface area contributed by atoms with Crippen molar-refractivity contribution in [2.75, 3.05) is 20.2 Å². The summed E-state index contributed by atoms with van der Waals surface area (Å²) in [6, 6.07) is 0. The van der Waals surface area contributed by atoms with Crippen LogP contribution in [0.4, 0.5) is 0 Å². The second-order valence-corrected chi connectivity index (χ2v) is 17.5. The van der Waals surface area contributed by atoms with Gasteiger partial charge in [0, 0.05) is 58.1 Å². The minimum absolute atomic E-state index is 0.0137. The van der Waals surface area contributed by atoms with Gasteiger partial charge < -0.3 is 53.1 Å². The van der Waals surface area contributed by atoms with Crippen molar-refractivity contribution in [3.63, 3.8) is 0 Å². The molecule has 0 amide bonds. The zero-order chi connectivity index (χ0) is 37.1. The van der Waals surface area contributed by atoms with Crippen molar-refractivity contribution in [3.05, 3.63) is 24.3 Å². The van der Waals surface area contributed by atoms with Crippen LogP contribution in [0.1, 0.15) is 89.9 Å². The molecule has 0 aromatic heterocycles. The van der Waals surface area contributed by atoms with Crippen LogP contribution in [-0.2, 0) is 47.4 Å². The number of aliphatic hydroxyl groups excluding tert-OH is 1. The van der Waals surface area contributed by atoms with Crippen molar-refractivity contribution in [3.8, 4) is 12.3 Å². The van der Waals surface area contributed by atoms with E-state index < -0.39 is 18.0 Å². The Morgan fingerprint density at radius 2 is 1.61 bits per heavy atom. The van der Waals surface area contributed by atoms with Crippen molar-refractivity contribution in [1.82, 2.24) is 5.32 Å². The van der Waals surface area contributed by atoms with Crippen LogP contribution in [0, 0.1) is 18.3 Å². The maximum atomic E-state index is 14.1. The van der Waals surface area contributed by atoms with E-state index in [1.54, 1.807) is 7.11 Å². The molecular formula is C42H59NO11. The van der Waals surface area contributed by atoms with E-state index in [0.29, 0.717) is 38.8 Å². The lowest BCUT2D eigenvalue weighted by Crippen LogP contribution is -2.61. The number of rotatable bonds is 6. The number of methoxy groups -OCH3 is 1. The number of terminal acetylenes is 1. The number of carbonyl (C=O) groups is 1. The first-order valence-electron chi connectivity index (χ1n) is 20.7. The maximum absolute atomic E-state index is 14.1. The van der Waals surface area contributed by atoms with E-state index in [4.69, 9.17) is 49.1 Å². The molecule has 298 valence electrons. The van der Waals surface area contributed by atoms with Gasteiger partial charge in [-0.2, -0.15) is 0 Å². The fraction of sp³-hybridized carbons (Fsp3) is 0.833. The molecule has 12 heteroatoms. The maximum Gasteiger partial charge on any atom is 0.172 e. The molecule has 12 bridgehead atoms. The van der Waals surface area contributed by atoms with E-state index in [2.05, 4.69) is 24.4 Å². The van der Waals surface area contributed by atoms with Gasteiger partial charge in [0.2, 0.25) is 0 Å². The number of ether oxygens (including phenoxy) is 9. The van der Waals surface area contributed by atoms with Gasteiger partial charge in [-0.3, -0.25) is 4.79 Å². The standard InChI is InChI=1S/C42H59NO11/c1-5-14-43-21-25(45)18-34-36(46-4)29-17-24(44)16-27-9-11-31-37(49-27)41-40-39(51-31)38-35(52-40)20-42(53-38,54-41)13-12-28-15-23(3)30(48-28)10-8-26-7-6-22(2)32(47-26)19-33(29)50-34/h1,25-41,43,45H,2-3,6-21H2,4H3/t25?,26-,27?,28?,29?,30?,31+,32?,33+,34-,35-,36-,37+,38?,39+,40?,41+,42+/m1/s1. The molecule has 18 atom stereocenters. The number of ketones is 1. The predicted octanol–water partition coefficient (Wildman–Crippen LogP) is 3.46. The average molecular weight is 754 g/mol. The Morgan fingerprint density at radius 1 is 0.833 bits per heavy atom. The third-order valence-electron chi connectivity index (χ3n) is 13.9. The largest absolute Gasteiger partial charge is 0.392 e. The summed E-state index contributed by atoms with van der Waals surface area (Å²) >= 11 is 0. The summed E-state index contributed by atoms with van der Waals surface area (Å²) in [7, 11) is 1.66. The van der Waals surface area contributed by atoms with Crippen LogP contribution in [0.5, 0.6) is 0 Å². The number of fused-ring (bicyclic) bond motifs is 6. The van der Waals surface area contributed by atoms with Crippen LogP contribution < -0.4 is 5.32 Å². The molecule has 54 heavy (non-hydrogen) atoms. The van der Waals surface area contributed by atoms with Gasteiger partial charge in [-0.15, -0.1) is 6.42 Å². The Bertz CT molecular complexity index is 1470. The van der Waals surface area contributed by atoms with E-state index in [1.807, 2.05) is 0 Å². The van der Waals surface area contributed by atoms with Gasteiger partial charge in [-0.1, -0.05) is 19.1 Å². The average Bonchev–Trinajstić information content (AvgIpc) is 3.82. The summed E-state index contributed by atoms with van der Waals surface area (Å²) < 4.78 is 60.1. The van der Waals surface area contributed by atoms with Gasteiger partial charge in [0.1, 0.15) is 36.3 Å². The highest BCUT2D eigenvalue weighted by Crippen LogP contribution is 2.54. The number of nitrogens with one attached hydrogen (secondary N) is 1. The molecule has 0 aromatic rings. The van der Waals surface area contributed by atoms with Gasteiger partial charge in [0.25, 0.3) is 0 Å². The molecule has 1 spiro atoms. The third-order valence-corrected chi connectivity index (χ3v) is 13.9. The number of carbonyl (C=O) groups excluding carboxylic acids is 1. The van der Waals surface area contributed by atoms with E-state index in [9.17, 15) is 9.90 Å². The van der Waals surface area contributed by atoms with Gasteiger partial charge in [-0.25, -0.2) is 0 Å². The molecule has 12 nitrogen and oxygen atoms in total. The summed E-state index contributed by atoms with van der Waals surface area (Å²) in [5.41, 5.74) is 2.19. The van der Waals surface area contributed by atoms with Gasteiger partial charge in [-0.05, 0) is 62.5 Å². The normalized spacial score (nSPS) is 49.3. The summed E-state index contributed by atoms with van der Waals surface area (Å²) in [6.07, 6.45) is 11.2. The molecular weight excluding hydrogens is 694 g/mol. The zero-order valence-electron chi connectivity index (χ0n) is 31.6. The Labute approximate surface area is 319 Å². The topological polar surface area (TPSA) is 132 Å². The highest BCUT2D eigenvalue weighted by atomic mass is 16.8. The first-order valence-corrected chi connectivity index (χ1v) is 20.7. The smallest absolute Gasteiger partial charge is 0.172 e. The number of Topliss-reactive ketones (excluding diaryl/α,β-unsaturated/α-hetero) is 1. The van der Waals surface area contributed by atoms with E-state index in [-0.39, 0.29) is 110 Å². The van der Waals surface area contributed by atoms with Crippen LogP contribution >= 0.6 is 0 Å². The molecule has 0 radical (unpaired) electrons. The van der Waals surface area contributed by atoms with E-state index in [0.717, 1.165) is 62.5 Å². The Hall–Kier alpha value is -1.73. The van der Waals surface area contributed by atoms with Crippen LogP contribution in [0.2, 0.25) is 0 Å². The lowest BCUT2D eigenvalue weighted by Gasteiger charge is -2.47. The number of hydrogen-bond donors (Lipinski definition) is 2. The summed E-state index contributed by atoms with van der Waals surface area (Å²) in [4.78, 5) is 14.1. The third kappa shape index (κ3) is 7.30. The van der Waals surface area contributed by atoms with Crippen molar-refractivity contribution in [2.24, 2.45) is 5.92 Å². The minimum Gasteiger partial charge on any atom is -0.392 e. The van der Waals surface area contributed by atoms with Crippen molar-refractivity contribution < 1.29 is 52.5 Å². The molecule has 10 aliphatic heterocycles. The fourth-order valence-electron chi connectivity index (χ4n) is 11.3. The molecule has 0 saturated carbocycles. The predicted molar refractivity (Wildman–Crippen MR) is 194 cm³/mol. The fourth-order valence-corrected chi connectivity index (χ4v) is 11.3. The molecule has 8 unspecified atom stereocenters. The van der Waals surface area contributed by atoms with E-state index >= 15 is 0 Å². The Kier molecular flexibility index (Phi) is 10.9. The number of hydrogen-bond acceptors (Lipinski definition) is 12. The molecule has 10 saturated heterocycles. The Morgan fingerprint density at radius 3 is 2.46 bits per heavy atom. The second kappa shape index (κ2) is 15.6. The van der Waals surface area contributed by atoms with Crippen LogP contribution in [0.25, 0.3) is 0 Å². The Balaban J connectivity index is 0.969. The first-order chi connectivity index (χ1) is 26.2. The SMILES string of the molecule is C#CCNCC(O)C[C@H]1O[C@H]2CC3O[C@H](CCC3=C)CCC3OC(CC[C@@]45C[C@H]6OC7[C@@H](O[C@H]8CCC(CC(=O)CC2[C@H]1OC)O[C@@H]8[C@@H]7O4)C6O5)CC3=C. The first kappa shape index (κ1) is 37.8. The highest BCUT2D eigenvalue weighted by molar-refractivity contribution is 5.79. The monoisotopic (exact) mass is 753 g/mol. The van der Waals surface area contributed by atoms with Crippen LogP contribution in [-0.4, -0.2) is 135 Å². The summed E-state index contributed by atoms with van der Waals surface area (Å²) in [5.74, 6) is 1.64. The molecule has 10 fully saturated rings. The van der Waals surface area contributed by atoms with E-state index in [1.165, 1.54) is 0 Å². The van der Waals surface area contributed by atoms with Gasteiger partial charge in [0.15, 0.2) is 5.79 Å². The van der Waals surface area contributed by atoms with Crippen molar-refractivity contribution in [2.45, 2.75) is 193 Å². The lowest BCUT2D eigenvalue weighted by molar-refractivity contribution is -0.292. The molecule has 10 heterocycles. The molecule has 0 aromatic carbocycles. The molecule has 0 aliphatic carbocycles. The van der Waals surface area contributed by atoms with Crippen LogP contribution in [0.15, 0.2) is 24.3 Å². The quantitative estimate of drug-likeness (QED) is 0.234. The van der Waals surface area contributed by atoms with Crippen LogP contribution in [0.3, 0.4) is 0 Å². The highest BCUT2D eigenvalue weighted by Gasteiger charge is 2.68. The lowest BCUT2D eigenvalue weighted by atomic mass is 9.83. The van der Waals surface area contributed by atoms with Crippen molar-refractivity contribution >= 4 is 5.78 Å². The number of aliphatic hydroxyl groups is 1. The van der Waals surface area contributed by atoms with Gasteiger partial charge >= 0.3 is 0 Å². The minimum atomic E-state index is -0.783. The molecule has 2 N–H and O–H groups in total. The van der Waals surface area contributed by atoms with Gasteiger partial charge in [0.05, 0.1) is 73.7 Å². The summed E-state index contributed by atoms with van der Waals surface area (Å²) in [6.45, 7) is 9.55.